The van der Waals surface area contributed by atoms with Crippen molar-refractivity contribution in [2.24, 2.45) is 0 Å². The predicted molar refractivity (Wildman–Crippen MR) is 89.3 cm³/mol. The van der Waals surface area contributed by atoms with E-state index >= 15 is 0 Å². The van der Waals surface area contributed by atoms with Crippen LogP contribution in [0.1, 0.15) is 36.1 Å². The van der Waals surface area contributed by atoms with Gasteiger partial charge in [0, 0.05) is 54.4 Å². The van der Waals surface area contributed by atoms with Crippen molar-refractivity contribution in [2.75, 3.05) is 25.1 Å². The fourth-order valence-corrected chi connectivity index (χ4v) is 3.32. The van der Waals surface area contributed by atoms with Gasteiger partial charge >= 0.3 is 0 Å². The third-order valence-corrected chi connectivity index (χ3v) is 4.41. The number of thiophene rings is 1. The van der Waals surface area contributed by atoms with Crippen LogP contribution >= 0.6 is 11.3 Å². The Kier molecular flexibility index (Phi) is 6.26. The summed E-state index contributed by atoms with van der Waals surface area (Å²) in [7, 11) is 0. The van der Waals surface area contributed by atoms with Gasteiger partial charge in [-0.25, -0.2) is 4.98 Å². The zero-order valence-corrected chi connectivity index (χ0v) is 13.9. The second kappa shape index (κ2) is 8.20. The first kappa shape index (κ1) is 16.0. The van der Waals surface area contributed by atoms with E-state index in [1.807, 2.05) is 24.5 Å². The van der Waals surface area contributed by atoms with Gasteiger partial charge in [-0.15, -0.1) is 11.3 Å². The number of imidazole rings is 1. The van der Waals surface area contributed by atoms with Gasteiger partial charge in [0.05, 0.1) is 0 Å². The molecule has 2 rings (SSSR count). The monoisotopic (exact) mass is 307 g/mol. The van der Waals surface area contributed by atoms with E-state index < -0.39 is 0 Å². The van der Waals surface area contributed by atoms with Crippen molar-refractivity contribution in [2.45, 2.75) is 39.7 Å². The number of hydrogen-bond donors (Lipinski definition) is 1. The first-order chi connectivity index (χ1) is 10.2. The van der Waals surface area contributed by atoms with Gasteiger partial charge in [0.15, 0.2) is 0 Å². The Bertz CT molecular complexity index is 535. The molecule has 0 saturated carbocycles. The molecule has 0 aliphatic rings. The molecule has 0 aliphatic carbocycles. The highest BCUT2D eigenvalue weighted by Gasteiger charge is 2.11. The van der Waals surface area contributed by atoms with Crippen LogP contribution in [0.5, 0.6) is 0 Å². The maximum Gasteiger partial charge on any atom is 0.203 e. The highest BCUT2D eigenvalue weighted by Crippen LogP contribution is 2.23. The standard InChI is InChI=1S/C16H25N3OS/c1-4-20-11-5-8-17-16-18-9-10-19(16)13(2)12-15-7-6-14(3)21-15/h6-7,9-10,13H,4-5,8,11-12H2,1-3H3,(H,17,18). The lowest BCUT2D eigenvalue weighted by Gasteiger charge is -2.16. The predicted octanol–water partition coefficient (Wildman–Crippen LogP) is 3.90. The van der Waals surface area contributed by atoms with Crippen LogP contribution in [0.2, 0.25) is 0 Å². The average molecular weight is 307 g/mol. The molecule has 1 atom stereocenters. The van der Waals surface area contributed by atoms with Crippen molar-refractivity contribution in [3.8, 4) is 0 Å². The molecule has 116 valence electrons. The molecule has 0 aromatic carbocycles. The molecule has 0 fully saturated rings. The second-order valence-electron chi connectivity index (χ2n) is 5.20. The zero-order chi connectivity index (χ0) is 15.1. The molecule has 0 bridgehead atoms. The Morgan fingerprint density at radius 3 is 3.00 bits per heavy atom. The summed E-state index contributed by atoms with van der Waals surface area (Å²) in [6.07, 6.45) is 5.96. The smallest absolute Gasteiger partial charge is 0.203 e. The quantitative estimate of drug-likeness (QED) is 0.714. The van der Waals surface area contributed by atoms with Gasteiger partial charge in [-0.05, 0) is 39.3 Å². The van der Waals surface area contributed by atoms with Crippen molar-refractivity contribution in [3.63, 3.8) is 0 Å². The summed E-state index contributed by atoms with van der Waals surface area (Å²) in [6, 6.07) is 4.82. The zero-order valence-electron chi connectivity index (χ0n) is 13.1. The van der Waals surface area contributed by atoms with E-state index in [0.717, 1.165) is 38.5 Å². The highest BCUT2D eigenvalue weighted by molar-refractivity contribution is 7.11. The summed E-state index contributed by atoms with van der Waals surface area (Å²) < 4.78 is 7.56. The minimum absolute atomic E-state index is 0.403. The Morgan fingerprint density at radius 2 is 2.29 bits per heavy atom. The van der Waals surface area contributed by atoms with Crippen LogP contribution in [0, 0.1) is 6.92 Å². The van der Waals surface area contributed by atoms with Crippen LogP contribution in [0.25, 0.3) is 0 Å². The molecule has 2 aromatic heterocycles. The number of nitrogens with zero attached hydrogens (tertiary/aromatic N) is 2. The normalized spacial score (nSPS) is 12.5. The summed E-state index contributed by atoms with van der Waals surface area (Å²) in [5.41, 5.74) is 0. The number of anilines is 1. The number of aromatic nitrogens is 2. The lowest BCUT2D eigenvalue weighted by Crippen LogP contribution is -2.14. The van der Waals surface area contributed by atoms with Crippen molar-refractivity contribution in [3.05, 3.63) is 34.3 Å². The van der Waals surface area contributed by atoms with Gasteiger partial charge in [-0.1, -0.05) is 0 Å². The minimum atomic E-state index is 0.403. The Hall–Kier alpha value is -1.33. The number of aryl methyl sites for hydroxylation is 1. The van der Waals surface area contributed by atoms with E-state index in [1.54, 1.807) is 0 Å². The van der Waals surface area contributed by atoms with Crippen LogP contribution in [0.4, 0.5) is 5.95 Å². The summed E-state index contributed by atoms with van der Waals surface area (Å²) in [4.78, 5) is 7.22. The van der Waals surface area contributed by atoms with Gasteiger partial charge in [-0.2, -0.15) is 0 Å². The van der Waals surface area contributed by atoms with Crippen molar-refractivity contribution in [1.29, 1.82) is 0 Å². The average Bonchev–Trinajstić information content (AvgIpc) is 3.08. The van der Waals surface area contributed by atoms with E-state index in [-0.39, 0.29) is 0 Å². The van der Waals surface area contributed by atoms with Crippen LogP contribution in [-0.2, 0) is 11.2 Å². The summed E-state index contributed by atoms with van der Waals surface area (Å²) in [5.74, 6) is 0.951. The molecule has 0 spiro atoms. The van der Waals surface area contributed by atoms with Crippen LogP contribution in [0.15, 0.2) is 24.5 Å². The Balaban J connectivity index is 1.86. The van der Waals surface area contributed by atoms with E-state index in [4.69, 9.17) is 4.74 Å². The van der Waals surface area contributed by atoms with Gasteiger partial charge in [0.2, 0.25) is 5.95 Å². The topological polar surface area (TPSA) is 39.1 Å². The van der Waals surface area contributed by atoms with Crippen molar-refractivity contribution in [1.82, 2.24) is 9.55 Å². The molecule has 0 saturated heterocycles. The summed E-state index contributed by atoms with van der Waals surface area (Å²) in [6.45, 7) is 8.89. The number of ether oxygens (including phenoxy) is 1. The largest absolute Gasteiger partial charge is 0.382 e. The molecule has 0 amide bonds. The number of nitrogens with one attached hydrogen (secondary N) is 1. The van der Waals surface area contributed by atoms with Gasteiger partial charge in [-0.3, -0.25) is 0 Å². The molecular formula is C16H25N3OS. The third-order valence-electron chi connectivity index (χ3n) is 3.39. The maximum absolute atomic E-state index is 5.35. The van der Waals surface area contributed by atoms with Gasteiger partial charge in [0.1, 0.15) is 0 Å². The van der Waals surface area contributed by atoms with E-state index in [9.17, 15) is 0 Å². The molecule has 2 aromatic rings. The molecule has 1 unspecified atom stereocenters. The third kappa shape index (κ3) is 4.86. The Morgan fingerprint density at radius 1 is 1.43 bits per heavy atom. The fourth-order valence-electron chi connectivity index (χ4n) is 2.31. The molecule has 0 radical (unpaired) electrons. The summed E-state index contributed by atoms with van der Waals surface area (Å²) >= 11 is 1.88. The van der Waals surface area contributed by atoms with Crippen molar-refractivity contribution < 1.29 is 4.74 Å². The maximum atomic E-state index is 5.35. The molecular weight excluding hydrogens is 282 g/mol. The van der Waals surface area contributed by atoms with Crippen LogP contribution in [-0.4, -0.2) is 29.3 Å². The highest BCUT2D eigenvalue weighted by atomic mass is 32.1. The molecule has 2 heterocycles. The van der Waals surface area contributed by atoms with Crippen LogP contribution in [0.3, 0.4) is 0 Å². The number of hydrogen-bond acceptors (Lipinski definition) is 4. The molecule has 5 heteroatoms. The number of rotatable bonds is 9. The van der Waals surface area contributed by atoms with E-state index in [0.29, 0.717) is 6.04 Å². The fraction of sp³-hybridized carbons (Fsp3) is 0.562. The molecule has 0 aliphatic heterocycles. The Labute approximate surface area is 131 Å². The minimum Gasteiger partial charge on any atom is -0.382 e. The van der Waals surface area contributed by atoms with Crippen molar-refractivity contribution >= 4 is 17.3 Å². The SMILES string of the molecule is CCOCCCNc1nccn1C(C)Cc1ccc(C)s1. The molecule has 4 nitrogen and oxygen atoms in total. The first-order valence-corrected chi connectivity index (χ1v) is 8.42. The first-order valence-electron chi connectivity index (χ1n) is 7.60. The second-order valence-corrected chi connectivity index (χ2v) is 6.57. The molecule has 21 heavy (non-hydrogen) atoms. The van der Waals surface area contributed by atoms with Gasteiger partial charge < -0.3 is 14.6 Å². The van der Waals surface area contributed by atoms with E-state index in [1.165, 1.54) is 9.75 Å². The summed E-state index contributed by atoms with van der Waals surface area (Å²) in [5, 5.41) is 3.40. The van der Waals surface area contributed by atoms with Gasteiger partial charge in [0.25, 0.3) is 0 Å². The molecule has 1 N–H and O–H groups in total. The van der Waals surface area contributed by atoms with E-state index in [2.05, 4.69) is 47.0 Å². The lowest BCUT2D eigenvalue weighted by molar-refractivity contribution is 0.147. The lowest BCUT2D eigenvalue weighted by atomic mass is 10.2. The van der Waals surface area contributed by atoms with Crippen LogP contribution < -0.4 is 5.32 Å².